The van der Waals surface area contributed by atoms with Crippen molar-refractivity contribution in [3.63, 3.8) is 0 Å². The molecule has 0 aliphatic carbocycles. The van der Waals surface area contributed by atoms with Gasteiger partial charge in [0.05, 0.1) is 6.42 Å². The summed E-state index contributed by atoms with van der Waals surface area (Å²) in [5, 5.41) is 4.62. The molecule has 0 N–H and O–H groups in total. The summed E-state index contributed by atoms with van der Waals surface area (Å²) in [4.78, 5) is 16.2. The van der Waals surface area contributed by atoms with Crippen molar-refractivity contribution in [1.29, 1.82) is 0 Å². The van der Waals surface area contributed by atoms with Crippen LogP contribution in [0, 0.1) is 6.92 Å². The molecule has 0 unspecified atom stereocenters. The van der Waals surface area contributed by atoms with Gasteiger partial charge in [0.2, 0.25) is 0 Å². The molecule has 0 aliphatic rings. The van der Waals surface area contributed by atoms with Crippen LogP contribution in [0.5, 0.6) is 0 Å². The average Bonchev–Trinajstić information content (AvgIpc) is 2.75. The number of halogens is 1. The fourth-order valence-corrected chi connectivity index (χ4v) is 2.12. The Morgan fingerprint density at radius 1 is 1.39 bits per heavy atom. The normalized spacial score (nSPS) is 10.6. The maximum Gasteiger partial charge on any atom is 0.170 e. The molecule has 2 rings (SSSR count). The zero-order valence-electron chi connectivity index (χ0n) is 10.4. The monoisotopic (exact) mass is 263 g/mol. The lowest BCUT2D eigenvalue weighted by molar-refractivity contribution is 0.0989. The standard InChI is InChI=1S/C13H14ClN3O/c1-3-17-13(15-8-16-17)7-12(18)10-4-9(2)5-11(14)6-10/h4-6,8H,3,7H2,1-2H3. The Kier molecular flexibility index (Phi) is 3.77. The van der Waals surface area contributed by atoms with E-state index in [9.17, 15) is 4.79 Å². The van der Waals surface area contributed by atoms with Crippen LogP contribution in [0.25, 0.3) is 0 Å². The zero-order chi connectivity index (χ0) is 13.1. The van der Waals surface area contributed by atoms with Crippen molar-refractivity contribution >= 4 is 17.4 Å². The van der Waals surface area contributed by atoms with Gasteiger partial charge < -0.3 is 0 Å². The first-order chi connectivity index (χ1) is 8.60. The van der Waals surface area contributed by atoms with Gasteiger partial charge in [-0.2, -0.15) is 5.10 Å². The summed E-state index contributed by atoms with van der Waals surface area (Å²) in [5.41, 5.74) is 1.59. The van der Waals surface area contributed by atoms with Crippen LogP contribution in [-0.2, 0) is 13.0 Å². The van der Waals surface area contributed by atoms with Crippen LogP contribution in [0.2, 0.25) is 5.02 Å². The predicted octanol–water partition coefficient (Wildman–Crippen LogP) is 2.69. The second kappa shape index (κ2) is 5.31. The Morgan fingerprint density at radius 3 is 2.83 bits per heavy atom. The number of carbonyl (C=O) groups excluding carboxylic acids is 1. The summed E-state index contributed by atoms with van der Waals surface area (Å²) in [6.07, 6.45) is 1.71. The minimum Gasteiger partial charge on any atom is -0.294 e. The van der Waals surface area contributed by atoms with Crippen LogP contribution >= 0.6 is 11.6 Å². The first kappa shape index (κ1) is 12.8. The quantitative estimate of drug-likeness (QED) is 0.797. The van der Waals surface area contributed by atoms with Crippen molar-refractivity contribution in [2.75, 3.05) is 0 Å². The largest absolute Gasteiger partial charge is 0.294 e. The first-order valence-corrected chi connectivity index (χ1v) is 6.15. The Labute approximate surface area is 111 Å². The third kappa shape index (κ3) is 2.76. The van der Waals surface area contributed by atoms with Crippen LogP contribution in [0.4, 0.5) is 0 Å². The third-order valence-electron chi connectivity index (χ3n) is 2.68. The molecule has 4 nitrogen and oxygen atoms in total. The zero-order valence-corrected chi connectivity index (χ0v) is 11.1. The van der Waals surface area contributed by atoms with Crippen molar-refractivity contribution in [1.82, 2.24) is 14.8 Å². The molecular formula is C13H14ClN3O. The number of hydrogen-bond donors (Lipinski definition) is 0. The van der Waals surface area contributed by atoms with Gasteiger partial charge in [-0.3, -0.25) is 4.79 Å². The van der Waals surface area contributed by atoms with E-state index in [1.807, 2.05) is 26.0 Å². The minimum absolute atomic E-state index is 0.00306. The van der Waals surface area contributed by atoms with E-state index < -0.39 is 0 Å². The van der Waals surface area contributed by atoms with Gasteiger partial charge in [0.15, 0.2) is 5.78 Å². The van der Waals surface area contributed by atoms with Gasteiger partial charge in [0, 0.05) is 17.1 Å². The molecule has 0 bridgehead atoms. The number of rotatable bonds is 4. The molecule has 0 radical (unpaired) electrons. The van der Waals surface area contributed by atoms with E-state index >= 15 is 0 Å². The van der Waals surface area contributed by atoms with E-state index in [2.05, 4.69) is 10.1 Å². The lowest BCUT2D eigenvalue weighted by Crippen LogP contribution is -2.11. The fourth-order valence-electron chi connectivity index (χ4n) is 1.83. The van der Waals surface area contributed by atoms with Gasteiger partial charge in [-0.25, -0.2) is 9.67 Å². The highest BCUT2D eigenvalue weighted by Crippen LogP contribution is 2.16. The summed E-state index contributed by atoms with van der Waals surface area (Å²) >= 11 is 5.95. The minimum atomic E-state index is 0.00306. The van der Waals surface area contributed by atoms with Crippen molar-refractivity contribution in [2.45, 2.75) is 26.8 Å². The molecule has 0 fully saturated rings. The highest BCUT2D eigenvalue weighted by atomic mass is 35.5. The van der Waals surface area contributed by atoms with Gasteiger partial charge in [0.1, 0.15) is 12.2 Å². The molecule has 2 aromatic rings. The fraction of sp³-hybridized carbons (Fsp3) is 0.308. The third-order valence-corrected chi connectivity index (χ3v) is 2.90. The number of ketones is 1. The molecule has 1 heterocycles. The molecule has 1 aromatic heterocycles. The molecule has 0 aliphatic heterocycles. The molecule has 0 saturated heterocycles. The molecule has 18 heavy (non-hydrogen) atoms. The Hall–Kier alpha value is -1.68. The van der Waals surface area contributed by atoms with Crippen LogP contribution < -0.4 is 0 Å². The van der Waals surface area contributed by atoms with E-state index in [4.69, 9.17) is 11.6 Å². The van der Waals surface area contributed by atoms with Crippen LogP contribution in [-0.4, -0.2) is 20.5 Å². The number of aryl methyl sites for hydroxylation is 2. The van der Waals surface area contributed by atoms with E-state index in [1.165, 1.54) is 6.33 Å². The molecule has 1 aromatic carbocycles. The first-order valence-electron chi connectivity index (χ1n) is 5.77. The van der Waals surface area contributed by atoms with E-state index in [0.717, 1.165) is 5.56 Å². The molecule has 5 heteroatoms. The van der Waals surface area contributed by atoms with E-state index in [-0.39, 0.29) is 12.2 Å². The molecule has 94 valence electrons. The number of nitrogens with zero attached hydrogens (tertiary/aromatic N) is 3. The van der Waals surface area contributed by atoms with Crippen molar-refractivity contribution < 1.29 is 4.79 Å². The summed E-state index contributed by atoms with van der Waals surface area (Å²) < 4.78 is 1.72. The second-order valence-corrected chi connectivity index (χ2v) is 4.55. The maximum atomic E-state index is 12.1. The van der Waals surface area contributed by atoms with Gasteiger partial charge in [-0.15, -0.1) is 0 Å². The van der Waals surface area contributed by atoms with Crippen LogP contribution in [0.3, 0.4) is 0 Å². The van der Waals surface area contributed by atoms with Gasteiger partial charge in [-0.1, -0.05) is 11.6 Å². The van der Waals surface area contributed by atoms with E-state index in [0.29, 0.717) is 23.0 Å². The molecular weight excluding hydrogens is 250 g/mol. The highest BCUT2D eigenvalue weighted by molar-refractivity contribution is 6.31. The second-order valence-electron chi connectivity index (χ2n) is 4.11. The maximum absolute atomic E-state index is 12.1. The lowest BCUT2D eigenvalue weighted by atomic mass is 10.1. The predicted molar refractivity (Wildman–Crippen MR) is 69.9 cm³/mol. The number of carbonyl (C=O) groups is 1. The summed E-state index contributed by atoms with van der Waals surface area (Å²) in [7, 11) is 0. The topological polar surface area (TPSA) is 47.8 Å². The SMILES string of the molecule is CCn1ncnc1CC(=O)c1cc(C)cc(Cl)c1. The van der Waals surface area contributed by atoms with Gasteiger partial charge in [-0.05, 0) is 37.6 Å². The number of benzene rings is 1. The van der Waals surface area contributed by atoms with Crippen molar-refractivity contribution in [3.05, 3.63) is 46.5 Å². The smallest absolute Gasteiger partial charge is 0.170 e. The molecule has 0 amide bonds. The lowest BCUT2D eigenvalue weighted by Gasteiger charge is -2.04. The average molecular weight is 264 g/mol. The number of Topliss-reactive ketones (excluding diaryl/α,β-unsaturated/α-hetero) is 1. The Morgan fingerprint density at radius 2 is 2.17 bits per heavy atom. The van der Waals surface area contributed by atoms with Crippen molar-refractivity contribution in [3.8, 4) is 0 Å². The van der Waals surface area contributed by atoms with Gasteiger partial charge >= 0.3 is 0 Å². The van der Waals surface area contributed by atoms with Crippen LogP contribution in [0.1, 0.15) is 28.7 Å². The summed E-state index contributed by atoms with van der Waals surface area (Å²) in [6, 6.07) is 5.34. The molecule has 0 atom stereocenters. The number of hydrogen-bond acceptors (Lipinski definition) is 3. The molecule has 0 spiro atoms. The summed E-state index contributed by atoms with van der Waals surface area (Å²) in [5.74, 6) is 0.684. The Balaban J connectivity index is 2.22. The van der Waals surface area contributed by atoms with Crippen LogP contribution in [0.15, 0.2) is 24.5 Å². The molecule has 0 saturated carbocycles. The Bertz CT molecular complexity index is 557. The van der Waals surface area contributed by atoms with E-state index in [1.54, 1.807) is 10.7 Å². The van der Waals surface area contributed by atoms with Gasteiger partial charge in [0.25, 0.3) is 0 Å². The highest BCUT2D eigenvalue weighted by Gasteiger charge is 2.12. The summed E-state index contributed by atoms with van der Waals surface area (Å²) in [6.45, 7) is 4.58. The number of aromatic nitrogens is 3. The van der Waals surface area contributed by atoms with Crippen molar-refractivity contribution in [2.24, 2.45) is 0 Å².